The van der Waals surface area contributed by atoms with Crippen molar-refractivity contribution in [3.05, 3.63) is 34.9 Å². The van der Waals surface area contributed by atoms with Crippen molar-refractivity contribution in [1.29, 1.82) is 0 Å². The summed E-state index contributed by atoms with van der Waals surface area (Å²) >= 11 is 7.51. The van der Waals surface area contributed by atoms with E-state index in [4.69, 9.17) is 0 Å². The molecule has 0 amide bonds. The molecule has 0 bridgehead atoms. The predicted octanol–water partition coefficient (Wildman–Crippen LogP) is 6.07. The van der Waals surface area contributed by atoms with Gasteiger partial charge in [0.15, 0.2) is 0 Å². The van der Waals surface area contributed by atoms with E-state index in [0.29, 0.717) is 5.92 Å². The van der Waals surface area contributed by atoms with Crippen LogP contribution in [0, 0.1) is 0 Å². The highest BCUT2D eigenvalue weighted by molar-refractivity contribution is 9.09. The summed E-state index contributed by atoms with van der Waals surface area (Å²) < 4.78 is 0.0375. The summed E-state index contributed by atoms with van der Waals surface area (Å²) in [6, 6.07) is 6.90. The number of hydrogen-bond acceptors (Lipinski definition) is 0. The fraction of sp³-hybridized carbons (Fsp3) is 0.600. The maximum atomic E-state index is 3.76. The Bertz CT molecular complexity index is 360. The molecule has 0 heterocycles. The molecule has 1 aromatic rings. The Labute approximate surface area is 122 Å². The Morgan fingerprint density at radius 1 is 0.824 bits per heavy atom. The minimum Gasteiger partial charge on any atom is -0.0807 e. The summed E-state index contributed by atoms with van der Waals surface area (Å²) in [5, 5.41) is 0. The fourth-order valence-corrected chi connectivity index (χ4v) is 2.13. The molecule has 0 spiro atoms. The summed E-state index contributed by atoms with van der Waals surface area (Å²) in [5.41, 5.74) is 4.08. The van der Waals surface area contributed by atoms with E-state index in [1.54, 1.807) is 0 Å². The number of hydrogen-bond donors (Lipinski definition) is 0. The molecule has 0 nitrogen and oxygen atoms in total. The van der Waals surface area contributed by atoms with Crippen LogP contribution in [0.15, 0.2) is 18.2 Å². The largest absolute Gasteiger partial charge is 0.0807 e. The third kappa shape index (κ3) is 4.10. The van der Waals surface area contributed by atoms with Crippen LogP contribution in [0.3, 0.4) is 0 Å². The lowest BCUT2D eigenvalue weighted by molar-refractivity contribution is 0.758. The highest BCUT2D eigenvalue weighted by atomic mass is 79.9. The van der Waals surface area contributed by atoms with Crippen molar-refractivity contribution >= 4 is 31.9 Å². The van der Waals surface area contributed by atoms with Gasteiger partial charge in [-0.3, -0.25) is 0 Å². The maximum absolute atomic E-state index is 3.76. The van der Waals surface area contributed by atoms with Crippen LogP contribution in [0.1, 0.15) is 64.2 Å². The van der Waals surface area contributed by atoms with Crippen LogP contribution in [0.5, 0.6) is 0 Å². The van der Waals surface area contributed by atoms with Gasteiger partial charge in [-0.25, -0.2) is 0 Å². The molecule has 1 rings (SSSR count). The molecule has 0 saturated heterocycles. The third-order valence-electron chi connectivity index (χ3n) is 2.99. The lowest BCUT2D eigenvalue weighted by Gasteiger charge is -2.25. The zero-order valence-corrected chi connectivity index (χ0v) is 14.7. The molecule has 96 valence electrons. The average Bonchev–Trinajstić information content (AvgIpc) is 2.14. The summed E-state index contributed by atoms with van der Waals surface area (Å²) in [7, 11) is 0. The molecule has 0 aliphatic heterocycles. The van der Waals surface area contributed by atoms with Crippen LogP contribution in [-0.4, -0.2) is 0 Å². The topological polar surface area (TPSA) is 0 Å². The molecule has 0 aliphatic rings. The van der Waals surface area contributed by atoms with Crippen molar-refractivity contribution < 1.29 is 0 Å². The van der Waals surface area contributed by atoms with Crippen LogP contribution >= 0.6 is 31.9 Å². The Kier molecular flexibility index (Phi) is 4.52. The van der Waals surface area contributed by atoms with Gasteiger partial charge in [-0.15, -0.1) is 0 Å². The molecule has 0 fully saturated rings. The second kappa shape index (κ2) is 5.05. The zero-order chi connectivity index (χ0) is 13.4. The van der Waals surface area contributed by atoms with E-state index in [-0.39, 0.29) is 8.65 Å². The van der Waals surface area contributed by atoms with E-state index >= 15 is 0 Å². The van der Waals surface area contributed by atoms with E-state index in [1.807, 2.05) is 0 Å². The van der Waals surface area contributed by atoms with Crippen LogP contribution in [-0.2, 0) is 8.65 Å². The molecule has 0 radical (unpaired) electrons. The molecular formula is C15H22Br2. The number of rotatable bonds is 3. The van der Waals surface area contributed by atoms with Gasteiger partial charge in [-0.05, 0) is 50.3 Å². The first-order valence-electron chi connectivity index (χ1n) is 6.05. The SMILES string of the molecule is CC(C)c1cc(C(C)(C)Br)cc(C(C)(C)Br)c1. The summed E-state index contributed by atoms with van der Waals surface area (Å²) in [4.78, 5) is 0. The molecule has 0 aromatic heterocycles. The van der Waals surface area contributed by atoms with Gasteiger partial charge in [0.25, 0.3) is 0 Å². The molecule has 0 N–H and O–H groups in total. The smallest absolute Gasteiger partial charge is 0.0450 e. The molecule has 1 aromatic carbocycles. The highest BCUT2D eigenvalue weighted by Crippen LogP contribution is 2.37. The van der Waals surface area contributed by atoms with Gasteiger partial charge < -0.3 is 0 Å². The molecule has 0 saturated carbocycles. The normalized spacial score (nSPS) is 13.2. The third-order valence-corrected chi connectivity index (χ3v) is 3.91. The average molecular weight is 362 g/mol. The molecular weight excluding hydrogens is 340 g/mol. The Morgan fingerprint density at radius 2 is 1.18 bits per heavy atom. The number of halogens is 2. The standard InChI is InChI=1S/C15H22Br2/c1-10(2)11-7-12(14(3,4)16)9-13(8-11)15(5,6)17/h7-10H,1-6H3. The van der Waals surface area contributed by atoms with Gasteiger partial charge in [-0.2, -0.15) is 0 Å². The van der Waals surface area contributed by atoms with Crippen molar-refractivity contribution in [1.82, 2.24) is 0 Å². The van der Waals surface area contributed by atoms with Crippen LogP contribution < -0.4 is 0 Å². The van der Waals surface area contributed by atoms with E-state index in [2.05, 4.69) is 91.6 Å². The van der Waals surface area contributed by atoms with Crippen LogP contribution in [0.25, 0.3) is 0 Å². The first-order chi connectivity index (χ1) is 7.51. The lowest BCUT2D eigenvalue weighted by Crippen LogP contribution is -2.13. The van der Waals surface area contributed by atoms with Gasteiger partial charge in [0.05, 0.1) is 0 Å². The summed E-state index contributed by atoms with van der Waals surface area (Å²) in [5.74, 6) is 0.554. The monoisotopic (exact) mass is 360 g/mol. The first-order valence-corrected chi connectivity index (χ1v) is 7.64. The van der Waals surface area contributed by atoms with E-state index in [9.17, 15) is 0 Å². The molecule has 2 heteroatoms. The van der Waals surface area contributed by atoms with Gasteiger partial charge in [0.2, 0.25) is 0 Å². The van der Waals surface area contributed by atoms with Crippen molar-refractivity contribution in [2.24, 2.45) is 0 Å². The Balaban J connectivity index is 3.40. The maximum Gasteiger partial charge on any atom is 0.0450 e. The van der Waals surface area contributed by atoms with E-state index in [1.165, 1.54) is 16.7 Å². The minimum absolute atomic E-state index is 0.0188. The van der Waals surface area contributed by atoms with E-state index < -0.39 is 0 Å². The Hall–Kier alpha value is 0.180. The summed E-state index contributed by atoms with van der Waals surface area (Å²) in [6.45, 7) is 13.3. The summed E-state index contributed by atoms with van der Waals surface area (Å²) in [6.07, 6.45) is 0. The molecule has 0 aliphatic carbocycles. The van der Waals surface area contributed by atoms with Crippen molar-refractivity contribution in [2.45, 2.75) is 56.1 Å². The molecule has 0 unspecified atom stereocenters. The minimum atomic E-state index is 0.0188. The van der Waals surface area contributed by atoms with Crippen molar-refractivity contribution in [3.63, 3.8) is 0 Å². The lowest BCUT2D eigenvalue weighted by atomic mass is 9.89. The second-order valence-corrected chi connectivity index (χ2v) is 9.91. The predicted molar refractivity (Wildman–Crippen MR) is 84.4 cm³/mol. The molecule has 0 atom stereocenters. The van der Waals surface area contributed by atoms with Gasteiger partial charge in [-0.1, -0.05) is 63.9 Å². The first kappa shape index (κ1) is 15.2. The fourth-order valence-electron chi connectivity index (χ4n) is 1.67. The second-order valence-electron chi connectivity index (χ2n) is 5.94. The van der Waals surface area contributed by atoms with Gasteiger partial charge >= 0.3 is 0 Å². The van der Waals surface area contributed by atoms with Crippen LogP contribution in [0.4, 0.5) is 0 Å². The van der Waals surface area contributed by atoms with Crippen LogP contribution in [0.2, 0.25) is 0 Å². The molecule has 17 heavy (non-hydrogen) atoms. The number of alkyl halides is 2. The van der Waals surface area contributed by atoms with Gasteiger partial charge in [0.1, 0.15) is 0 Å². The quantitative estimate of drug-likeness (QED) is 0.573. The van der Waals surface area contributed by atoms with Gasteiger partial charge in [0, 0.05) is 8.65 Å². The van der Waals surface area contributed by atoms with E-state index in [0.717, 1.165) is 0 Å². The van der Waals surface area contributed by atoms with Crippen molar-refractivity contribution in [2.75, 3.05) is 0 Å². The van der Waals surface area contributed by atoms with Crippen molar-refractivity contribution in [3.8, 4) is 0 Å². The zero-order valence-electron chi connectivity index (χ0n) is 11.6. The highest BCUT2D eigenvalue weighted by Gasteiger charge is 2.23. The Morgan fingerprint density at radius 3 is 1.41 bits per heavy atom. The number of benzene rings is 1.